The first kappa shape index (κ1) is 25.5. The van der Waals surface area contributed by atoms with E-state index in [1.54, 1.807) is 11.8 Å². The Hall–Kier alpha value is -3.61. The number of ether oxygens (including phenoxy) is 1. The summed E-state index contributed by atoms with van der Waals surface area (Å²) in [7, 11) is 1.50. The Bertz CT molecular complexity index is 1340. The lowest BCUT2D eigenvalue weighted by atomic mass is 9.90. The summed E-state index contributed by atoms with van der Waals surface area (Å²) >= 11 is 0. The lowest BCUT2D eigenvalue weighted by molar-refractivity contribution is 0.00179. The number of rotatable bonds is 8. The number of hydrogen-bond acceptors (Lipinski definition) is 6. The van der Waals surface area contributed by atoms with Crippen molar-refractivity contribution in [1.29, 1.82) is 0 Å². The van der Waals surface area contributed by atoms with Crippen LogP contribution in [0.3, 0.4) is 0 Å². The molecule has 2 amide bonds. The highest BCUT2D eigenvalue weighted by Gasteiger charge is 2.42. The number of alkyl halides is 2. The molecule has 1 aromatic carbocycles. The summed E-state index contributed by atoms with van der Waals surface area (Å²) in [6.07, 6.45) is -2.73. The molecule has 0 spiro atoms. The van der Waals surface area contributed by atoms with Crippen LogP contribution in [-0.4, -0.2) is 64.4 Å². The molecule has 0 bridgehead atoms. The molecule has 0 saturated carbocycles. The van der Waals surface area contributed by atoms with E-state index in [-0.39, 0.29) is 61.2 Å². The lowest BCUT2D eigenvalue weighted by Gasteiger charge is -2.34. The monoisotopic (exact) mass is 507 g/mol. The molecule has 36 heavy (non-hydrogen) atoms. The standard InChI is InChI=1S/C23H28F3N7O3/c1-5-33-18(16(24)12(2)30-33)20(35)29-22-28-14-8-13(19(27)34)9-15-17(14)32(22)11-23(3,21(25)26)10-31(15)6-7-36-4/h8-9,21H,5-7,10-11H2,1-4H3,(H2,27,34)(H,28,29,35)/t23-/m1/s1. The highest BCUT2D eigenvalue weighted by Crippen LogP contribution is 2.41. The second-order valence-corrected chi connectivity index (χ2v) is 9.14. The van der Waals surface area contributed by atoms with Crippen LogP contribution < -0.4 is 16.0 Å². The first-order chi connectivity index (χ1) is 17.0. The lowest BCUT2D eigenvalue weighted by Crippen LogP contribution is -2.43. The van der Waals surface area contributed by atoms with Crippen molar-refractivity contribution in [3.8, 4) is 0 Å². The number of amides is 2. The number of methoxy groups -OCH3 is 1. The Balaban J connectivity index is 1.91. The Kier molecular flexibility index (Phi) is 6.69. The maximum absolute atomic E-state index is 14.7. The van der Waals surface area contributed by atoms with Gasteiger partial charge in [-0.1, -0.05) is 6.92 Å². The summed E-state index contributed by atoms with van der Waals surface area (Å²) < 4.78 is 51.4. The fourth-order valence-corrected chi connectivity index (χ4v) is 4.52. The number of nitrogens with two attached hydrogens (primary N) is 1. The molecule has 3 aromatic rings. The first-order valence-electron chi connectivity index (χ1n) is 11.4. The van der Waals surface area contributed by atoms with Gasteiger partial charge in [0.1, 0.15) is 0 Å². The minimum absolute atomic E-state index is 0.0563. The number of benzene rings is 1. The molecule has 3 N–H and O–H groups in total. The second kappa shape index (κ2) is 9.45. The van der Waals surface area contributed by atoms with Gasteiger partial charge in [-0.2, -0.15) is 5.10 Å². The highest BCUT2D eigenvalue weighted by molar-refractivity contribution is 6.05. The molecule has 1 aliphatic heterocycles. The molecule has 0 radical (unpaired) electrons. The number of primary amides is 1. The Labute approximate surface area is 205 Å². The Morgan fingerprint density at radius 2 is 2.03 bits per heavy atom. The number of carbonyl (C=O) groups is 2. The second-order valence-electron chi connectivity index (χ2n) is 9.14. The molecular weight excluding hydrogens is 479 g/mol. The maximum Gasteiger partial charge on any atom is 0.279 e. The van der Waals surface area contributed by atoms with Crippen molar-refractivity contribution in [1.82, 2.24) is 19.3 Å². The van der Waals surface area contributed by atoms with Crippen LogP contribution in [0.2, 0.25) is 0 Å². The van der Waals surface area contributed by atoms with Crippen LogP contribution in [0.4, 0.5) is 24.8 Å². The van der Waals surface area contributed by atoms with E-state index in [9.17, 15) is 22.8 Å². The zero-order chi connectivity index (χ0) is 26.4. The summed E-state index contributed by atoms with van der Waals surface area (Å²) in [6.45, 7) is 5.09. The summed E-state index contributed by atoms with van der Waals surface area (Å²) in [5, 5.41) is 6.59. The van der Waals surface area contributed by atoms with Crippen LogP contribution in [-0.2, 0) is 17.8 Å². The fraction of sp³-hybridized carbons (Fsp3) is 0.478. The molecule has 194 valence electrons. The number of anilines is 2. The minimum atomic E-state index is -2.73. The third-order valence-electron chi connectivity index (χ3n) is 6.40. The van der Waals surface area contributed by atoms with Crippen LogP contribution in [0, 0.1) is 18.2 Å². The summed E-state index contributed by atoms with van der Waals surface area (Å²) in [4.78, 5) is 31.3. The zero-order valence-corrected chi connectivity index (χ0v) is 20.4. The van der Waals surface area contributed by atoms with Crippen LogP contribution in [0.1, 0.15) is 40.4 Å². The molecule has 1 aliphatic rings. The smallest absolute Gasteiger partial charge is 0.279 e. The van der Waals surface area contributed by atoms with E-state index >= 15 is 0 Å². The quantitative estimate of drug-likeness (QED) is 0.484. The molecule has 0 aliphatic carbocycles. The van der Waals surface area contributed by atoms with Gasteiger partial charge in [-0.15, -0.1) is 0 Å². The normalized spacial score (nSPS) is 17.6. The molecule has 4 rings (SSSR count). The van der Waals surface area contributed by atoms with Crippen molar-refractivity contribution in [3.05, 3.63) is 34.9 Å². The highest BCUT2D eigenvalue weighted by atomic mass is 19.3. The summed E-state index contributed by atoms with van der Waals surface area (Å²) in [6, 6.07) is 2.96. The SMILES string of the molecule is CCn1nc(C)c(F)c1C(=O)Nc1nc2cc(C(N)=O)cc3c2n1C[C@](C)(C(F)F)CN3CCOC. The van der Waals surface area contributed by atoms with Crippen molar-refractivity contribution in [2.45, 2.75) is 40.3 Å². The molecule has 3 heterocycles. The van der Waals surface area contributed by atoms with Crippen molar-refractivity contribution in [2.75, 3.05) is 37.0 Å². The molecule has 0 saturated heterocycles. The largest absolute Gasteiger partial charge is 0.383 e. The van der Waals surface area contributed by atoms with Crippen LogP contribution in [0.15, 0.2) is 12.1 Å². The predicted molar refractivity (Wildman–Crippen MR) is 127 cm³/mol. The van der Waals surface area contributed by atoms with Crippen LogP contribution in [0.25, 0.3) is 11.0 Å². The van der Waals surface area contributed by atoms with Gasteiger partial charge in [0.05, 0.1) is 34.4 Å². The average molecular weight is 508 g/mol. The van der Waals surface area contributed by atoms with E-state index in [0.29, 0.717) is 11.2 Å². The fourth-order valence-electron chi connectivity index (χ4n) is 4.52. The van der Waals surface area contributed by atoms with Crippen molar-refractivity contribution in [2.24, 2.45) is 11.1 Å². The van der Waals surface area contributed by atoms with E-state index in [1.165, 1.54) is 42.3 Å². The number of nitrogens with one attached hydrogen (secondary N) is 1. The number of halogens is 3. The summed E-state index contributed by atoms with van der Waals surface area (Å²) in [5.74, 6) is -2.37. The molecule has 0 unspecified atom stereocenters. The maximum atomic E-state index is 14.7. The van der Waals surface area contributed by atoms with Gasteiger partial charge in [0.25, 0.3) is 5.91 Å². The molecule has 10 nitrogen and oxygen atoms in total. The van der Waals surface area contributed by atoms with Crippen molar-refractivity contribution < 1.29 is 27.5 Å². The molecule has 13 heteroatoms. The van der Waals surface area contributed by atoms with E-state index in [0.717, 1.165) is 0 Å². The van der Waals surface area contributed by atoms with Gasteiger partial charge >= 0.3 is 0 Å². The van der Waals surface area contributed by atoms with Gasteiger partial charge < -0.3 is 19.9 Å². The van der Waals surface area contributed by atoms with Gasteiger partial charge in [0.2, 0.25) is 18.3 Å². The first-order valence-corrected chi connectivity index (χ1v) is 11.4. The van der Waals surface area contributed by atoms with Crippen LogP contribution in [0.5, 0.6) is 0 Å². The summed E-state index contributed by atoms with van der Waals surface area (Å²) in [5.41, 5.74) is 5.04. The molecular formula is C23H28F3N7O3. The third kappa shape index (κ3) is 4.27. The third-order valence-corrected chi connectivity index (χ3v) is 6.40. The number of aromatic nitrogens is 4. The topological polar surface area (TPSA) is 120 Å². The number of hydrogen-bond donors (Lipinski definition) is 2. The van der Waals surface area contributed by atoms with Gasteiger partial charge in [-0.3, -0.25) is 19.6 Å². The average Bonchev–Trinajstić information content (AvgIpc) is 3.26. The number of carbonyl (C=O) groups excluding carboxylic acids is 2. The van der Waals surface area contributed by atoms with Gasteiger partial charge in [0.15, 0.2) is 11.5 Å². The van der Waals surface area contributed by atoms with Crippen molar-refractivity contribution in [3.63, 3.8) is 0 Å². The van der Waals surface area contributed by atoms with Crippen LogP contribution >= 0.6 is 0 Å². The van der Waals surface area contributed by atoms with E-state index < -0.39 is 29.5 Å². The number of aryl methyl sites for hydroxylation is 2. The number of imidazole rings is 1. The Morgan fingerprint density at radius 1 is 1.31 bits per heavy atom. The minimum Gasteiger partial charge on any atom is -0.383 e. The molecule has 2 aromatic heterocycles. The molecule has 1 atom stereocenters. The van der Waals surface area contributed by atoms with Gasteiger partial charge in [-0.25, -0.2) is 18.2 Å². The van der Waals surface area contributed by atoms with Gasteiger partial charge in [0, 0.05) is 38.9 Å². The van der Waals surface area contributed by atoms with Gasteiger partial charge in [-0.05, 0) is 26.0 Å². The van der Waals surface area contributed by atoms with E-state index in [1.807, 2.05) is 0 Å². The van der Waals surface area contributed by atoms with E-state index in [4.69, 9.17) is 10.5 Å². The number of nitrogens with zero attached hydrogens (tertiary/aromatic N) is 5. The predicted octanol–water partition coefficient (Wildman–Crippen LogP) is 2.79. The Morgan fingerprint density at radius 3 is 2.64 bits per heavy atom. The zero-order valence-electron chi connectivity index (χ0n) is 20.4. The molecule has 0 fully saturated rings. The van der Waals surface area contributed by atoms with Crippen molar-refractivity contribution >= 4 is 34.5 Å². The van der Waals surface area contributed by atoms with E-state index in [2.05, 4.69) is 15.4 Å².